The molecule has 2 aliphatic rings. The van der Waals surface area contributed by atoms with Crippen molar-refractivity contribution >= 4 is 0 Å². The molecule has 0 N–H and O–H groups in total. The summed E-state index contributed by atoms with van der Waals surface area (Å²) in [5.74, 6) is 1.09. The smallest absolute Gasteiger partial charge is 0.0889 e. The maximum absolute atomic E-state index is 5.14. The Morgan fingerprint density at radius 1 is 1.21 bits per heavy atom. The lowest BCUT2D eigenvalue weighted by molar-refractivity contribution is 0.0503. The summed E-state index contributed by atoms with van der Waals surface area (Å²) in [5.41, 5.74) is 0. The van der Waals surface area contributed by atoms with Crippen LogP contribution in [0.2, 0.25) is 0 Å². The zero-order chi connectivity index (χ0) is 10.2. The molecule has 0 aliphatic carbocycles. The Bertz CT molecular complexity index is 174. The number of ether oxygens (including phenoxy) is 2. The summed E-state index contributed by atoms with van der Waals surface area (Å²) in [4.78, 5) is 2.27. The highest BCUT2D eigenvalue weighted by molar-refractivity contribution is 4.90. The van der Waals surface area contributed by atoms with Crippen molar-refractivity contribution in [3.8, 4) is 0 Å². The van der Waals surface area contributed by atoms with E-state index in [0.29, 0.717) is 0 Å². The summed E-state index contributed by atoms with van der Waals surface area (Å²) in [7, 11) is 2.11. The van der Waals surface area contributed by atoms with E-state index in [1.54, 1.807) is 0 Å². The van der Waals surface area contributed by atoms with Crippen LogP contribution in [0.25, 0.3) is 0 Å². The first-order valence-electron chi connectivity index (χ1n) is 5.35. The van der Waals surface area contributed by atoms with Gasteiger partial charge in [0.2, 0.25) is 0 Å². The van der Waals surface area contributed by atoms with Crippen molar-refractivity contribution in [2.75, 3.05) is 40.0 Å². The average Bonchev–Trinajstić information content (AvgIpc) is 2.21. The third kappa shape index (κ3) is 5.25. The molecule has 0 bridgehead atoms. The van der Waals surface area contributed by atoms with Gasteiger partial charge >= 0.3 is 0 Å². The molecule has 2 aliphatic heterocycles. The minimum atomic E-state index is 0.913. The van der Waals surface area contributed by atoms with E-state index in [4.69, 9.17) is 9.47 Å². The fraction of sp³-hybridized carbons (Fsp3) is 0.818. The molecule has 0 radical (unpaired) electrons. The van der Waals surface area contributed by atoms with E-state index in [0.717, 1.165) is 38.7 Å². The molecule has 0 amide bonds. The van der Waals surface area contributed by atoms with Crippen LogP contribution in [0, 0.1) is 0 Å². The van der Waals surface area contributed by atoms with Gasteiger partial charge in [-0.25, -0.2) is 0 Å². The van der Waals surface area contributed by atoms with E-state index in [9.17, 15) is 0 Å². The summed E-state index contributed by atoms with van der Waals surface area (Å²) in [6.07, 6.45) is 4.52. The number of morpholine rings is 1. The van der Waals surface area contributed by atoms with Crippen LogP contribution in [-0.4, -0.2) is 44.9 Å². The molecule has 82 valence electrons. The van der Waals surface area contributed by atoms with Crippen LogP contribution < -0.4 is 0 Å². The Kier molecular flexibility index (Phi) is 5.64. The second-order valence-electron chi connectivity index (χ2n) is 3.72. The highest BCUT2D eigenvalue weighted by Gasteiger charge is 2.02. The third-order valence-electron chi connectivity index (χ3n) is 2.34. The Balaban J connectivity index is 0.000000140. The highest BCUT2D eigenvalue weighted by Crippen LogP contribution is 2.07. The van der Waals surface area contributed by atoms with Crippen molar-refractivity contribution in [2.45, 2.75) is 19.8 Å². The van der Waals surface area contributed by atoms with E-state index in [2.05, 4.69) is 18.0 Å². The van der Waals surface area contributed by atoms with Crippen LogP contribution in [0.3, 0.4) is 0 Å². The van der Waals surface area contributed by atoms with Crippen molar-refractivity contribution in [3.63, 3.8) is 0 Å². The van der Waals surface area contributed by atoms with Gasteiger partial charge in [0.25, 0.3) is 0 Å². The topological polar surface area (TPSA) is 21.7 Å². The molecule has 0 aromatic rings. The van der Waals surface area contributed by atoms with Crippen molar-refractivity contribution in [3.05, 3.63) is 11.8 Å². The molecule has 2 rings (SSSR count). The maximum atomic E-state index is 5.14. The molecule has 0 aromatic heterocycles. The average molecular weight is 199 g/mol. The molecule has 1 saturated heterocycles. The first-order valence-corrected chi connectivity index (χ1v) is 5.35. The number of rotatable bonds is 0. The molecule has 0 atom stereocenters. The number of allylic oxidation sites excluding steroid dienone is 2. The van der Waals surface area contributed by atoms with E-state index in [-0.39, 0.29) is 0 Å². The van der Waals surface area contributed by atoms with Crippen molar-refractivity contribution in [2.24, 2.45) is 0 Å². The lowest BCUT2D eigenvalue weighted by Gasteiger charge is -2.21. The van der Waals surface area contributed by atoms with Crippen LogP contribution in [0.1, 0.15) is 19.8 Å². The fourth-order valence-electron chi connectivity index (χ4n) is 1.34. The van der Waals surface area contributed by atoms with Crippen molar-refractivity contribution in [1.82, 2.24) is 4.90 Å². The Morgan fingerprint density at radius 2 is 1.93 bits per heavy atom. The minimum absolute atomic E-state index is 0.913. The van der Waals surface area contributed by atoms with Gasteiger partial charge in [-0.2, -0.15) is 0 Å². The SMILES string of the molecule is CC1=CCCCO1.CN1CCOCC1. The molecule has 0 spiro atoms. The predicted octanol–water partition coefficient (Wildman–Crippen LogP) is 1.65. The maximum Gasteiger partial charge on any atom is 0.0889 e. The van der Waals surface area contributed by atoms with Gasteiger partial charge in [0.15, 0.2) is 0 Å². The molecule has 3 nitrogen and oxygen atoms in total. The first-order chi connectivity index (χ1) is 6.79. The summed E-state index contributed by atoms with van der Waals surface area (Å²) >= 11 is 0. The quantitative estimate of drug-likeness (QED) is 0.592. The first kappa shape index (κ1) is 11.5. The standard InChI is InChI=1S/C6H10O.C5H11NO/c1-6-4-2-3-5-7-6;1-6-2-4-7-5-3-6/h4H,2-3,5H2,1H3;2-5H2,1H3. The molecule has 1 fully saturated rings. The Morgan fingerprint density at radius 3 is 2.21 bits per heavy atom. The van der Waals surface area contributed by atoms with Gasteiger partial charge in [0, 0.05) is 13.1 Å². The van der Waals surface area contributed by atoms with Gasteiger partial charge in [-0.1, -0.05) is 0 Å². The van der Waals surface area contributed by atoms with Crippen LogP contribution in [0.4, 0.5) is 0 Å². The zero-order valence-electron chi connectivity index (χ0n) is 9.29. The largest absolute Gasteiger partial charge is 0.499 e. The second-order valence-corrected chi connectivity index (χ2v) is 3.72. The number of hydrogen-bond acceptors (Lipinski definition) is 3. The van der Waals surface area contributed by atoms with Gasteiger partial charge in [0.05, 0.1) is 25.6 Å². The van der Waals surface area contributed by atoms with Gasteiger partial charge in [-0.3, -0.25) is 0 Å². The predicted molar refractivity (Wildman–Crippen MR) is 57.3 cm³/mol. The lowest BCUT2D eigenvalue weighted by atomic mass is 10.2. The number of likely N-dealkylation sites (N-methyl/N-ethyl adjacent to an activating group) is 1. The molecule has 0 saturated carbocycles. The summed E-state index contributed by atoms with van der Waals surface area (Å²) in [5, 5.41) is 0. The summed E-state index contributed by atoms with van der Waals surface area (Å²) < 4.78 is 10.2. The molecular formula is C11H21NO2. The lowest BCUT2D eigenvalue weighted by Crippen LogP contribution is -2.32. The zero-order valence-corrected chi connectivity index (χ0v) is 9.29. The number of nitrogens with zero attached hydrogens (tertiary/aromatic N) is 1. The van der Waals surface area contributed by atoms with Crippen LogP contribution in [0.5, 0.6) is 0 Å². The van der Waals surface area contributed by atoms with E-state index >= 15 is 0 Å². The van der Waals surface area contributed by atoms with Gasteiger partial charge < -0.3 is 14.4 Å². The monoisotopic (exact) mass is 199 g/mol. The molecule has 0 aromatic carbocycles. The molecule has 0 unspecified atom stereocenters. The van der Waals surface area contributed by atoms with Gasteiger partial charge in [-0.05, 0) is 32.9 Å². The Labute approximate surface area is 86.7 Å². The van der Waals surface area contributed by atoms with Crippen LogP contribution in [-0.2, 0) is 9.47 Å². The number of hydrogen-bond donors (Lipinski definition) is 0. The molecular weight excluding hydrogens is 178 g/mol. The summed E-state index contributed by atoms with van der Waals surface area (Å²) in [6.45, 7) is 6.94. The van der Waals surface area contributed by atoms with Crippen molar-refractivity contribution in [1.29, 1.82) is 0 Å². The molecule has 3 heteroatoms. The van der Waals surface area contributed by atoms with E-state index in [1.807, 2.05) is 6.92 Å². The Hall–Kier alpha value is -0.540. The van der Waals surface area contributed by atoms with E-state index < -0.39 is 0 Å². The third-order valence-corrected chi connectivity index (χ3v) is 2.34. The van der Waals surface area contributed by atoms with Crippen molar-refractivity contribution < 1.29 is 9.47 Å². The molecule has 14 heavy (non-hydrogen) atoms. The summed E-state index contributed by atoms with van der Waals surface area (Å²) in [6, 6.07) is 0. The van der Waals surface area contributed by atoms with Crippen LogP contribution >= 0.6 is 0 Å². The second kappa shape index (κ2) is 6.85. The fourth-order valence-corrected chi connectivity index (χ4v) is 1.34. The minimum Gasteiger partial charge on any atom is -0.499 e. The van der Waals surface area contributed by atoms with Gasteiger partial charge in [0.1, 0.15) is 0 Å². The highest BCUT2D eigenvalue weighted by atomic mass is 16.5. The van der Waals surface area contributed by atoms with Gasteiger partial charge in [-0.15, -0.1) is 0 Å². The molecule has 2 heterocycles. The van der Waals surface area contributed by atoms with E-state index in [1.165, 1.54) is 12.8 Å². The normalized spacial score (nSPS) is 22.9. The van der Waals surface area contributed by atoms with Crippen LogP contribution in [0.15, 0.2) is 11.8 Å².